The summed E-state index contributed by atoms with van der Waals surface area (Å²) in [5.41, 5.74) is 2.66. The predicted molar refractivity (Wildman–Crippen MR) is 58.5 cm³/mol. The number of hydrogen-bond donors (Lipinski definition) is 0. The van der Waals surface area contributed by atoms with Gasteiger partial charge < -0.3 is 4.79 Å². The molecule has 3 nitrogen and oxygen atoms in total. The number of nitrogens with zero attached hydrogens (tertiary/aromatic N) is 2. The minimum Gasteiger partial charge on any atom is -0.300 e. The molecule has 1 heterocycles. The third-order valence-electron chi connectivity index (χ3n) is 2.23. The van der Waals surface area contributed by atoms with Gasteiger partial charge in [0.05, 0.1) is 16.7 Å². The van der Waals surface area contributed by atoms with Gasteiger partial charge in [-0.3, -0.25) is 4.98 Å². The lowest BCUT2D eigenvalue weighted by atomic mass is 10.2. The molecular weight excluding hydrogens is 188 g/mol. The first-order chi connectivity index (χ1) is 7.25. The highest BCUT2D eigenvalue weighted by molar-refractivity contribution is 5.76. The fourth-order valence-electron chi connectivity index (χ4n) is 1.42. The molecule has 0 saturated heterocycles. The monoisotopic (exact) mass is 200 g/mol. The van der Waals surface area contributed by atoms with Crippen LogP contribution in [0.3, 0.4) is 0 Å². The second-order valence-electron chi connectivity index (χ2n) is 3.55. The number of ketones is 1. The molecule has 76 valence electrons. The first kappa shape index (κ1) is 9.77. The Morgan fingerprint density at radius 2 is 2.00 bits per heavy atom. The fourth-order valence-corrected chi connectivity index (χ4v) is 1.42. The van der Waals surface area contributed by atoms with E-state index in [9.17, 15) is 4.79 Å². The van der Waals surface area contributed by atoms with Crippen LogP contribution in [0.15, 0.2) is 30.5 Å². The Morgan fingerprint density at radius 3 is 2.73 bits per heavy atom. The molecule has 0 aliphatic heterocycles. The molecule has 0 fully saturated rings. The molecule has 2 rings (SSSR count). The van der Waals surface area contributed by atoms with Gasteiger partial charge in [0.25, 0.3) is 0 Å². The van der Waals surface area contributed by atoms with E-state index < -0.39 is 0 Å². The van der Waals surface area contributed by atoms with Crippen molar-refractivity contribution in [3.63, 3.8) is 0 Å². The molecule has 0 bridgehead atoms. The van der Waals surface area contributed by atoms with Crippen LogP contribution in [0.1, 0.15) is 19.0 Å². The number of aromatic nitrogens is 2. The molecule has 0 aliphatic carbocycles. The average Bonchev–Trinajstić information content (AvgIpc) is 2.26. The Morgan fingerprint density at radius 1 is 1.27 bits per heavy atom. The van der Waals surface area contributed by atoms with Crippen molar-refractivity contribution in [2.24, 2.45) is 0 Å². The van der Waals surface area contributed by atoms with E-state index in [0.29, 0.717) is 12.8 Å². The zero-order chi connectivity index (χ0) is 10.7. The lowest BCUT2D eigenvalue weighted by molar-refractivity contribution is -0.116. The smallest absolute Gasteiger partial charge is 0.130 e. The summed E-state index contributed by atoms with van der Waals surface area (Å²) in [7, 11) is 0. The SMILES string of the molecule is CC(=O)CCc1cnc2ccccc2n1. The van der Waals surface area contributed by atoms with E-state index in [1.54, 1.807) is 13.1 Å². The van der Waals surface area contributed by atoms with Crippen molar-refractivity contribution in [2.75, 3.05) is 0 Å². The van der Waals surface area contributed by atoms with Crippen LogP contribution < -0.4 is 0 Å². The average molecular weight is 200 g/mol. The number of para-hydroxylation sites is 2. The van der Waals surface area contributed by atoms with Crippen LogP contribution in [0.2, 0.25) is 0 Å². The van der Waals surface area contributed by atoms with Crippen molar-refractivity contribution in [3.05, 3.63) is 36.2 Å². The minimum absolute atomic E-state index is 0.185. The van der Waals surface area contributed by atoms with Crippen molar-refractivity contribution in [3.8, 4) is 0 Å². The maximum atomic E-state index is 10.8. The van der Waals surface area contributed by atoms with Gasteiger partial charge in [0.1, 0.15) is 5.78 Å². The topological polar surface area (TPSA) is 42.9 Å². The largest absolute Gasteiger partial charge is 0.300 e. The lowest BCUT2D eigenvalue weighted by Crippen LogP contribution is -1.97. The highest BCUT2D eigenvalue weighted by atomic mass is 16.1. The van der Waals surface area contributed by atoms with Crippen LogP contribution in [0, 0.1) is 0 Å². The Bertz CT molecular complexity index is 494. The van der Waals surface area contributed by atoms with E-state index in [2.05, 4.69) is 9.97 Å². The molecule has 0 unspecified atom stereocenters. The van der Waals surface area contributed by atoms with Crippen molar-refractivity contribution in [1.82, 2.24) is 9.97 Å². The number of aryl methyl sites for hydroxylation is 1. The van der Waals surface area contributed by atoms with Crippen LogP contribution in [-0.2, 0) is 11.2 Å². The van der Waals surface area contributed by atoms with E-state index in [1.165, 1.54) is 0 Å². The van der Waals surface area contributed by atoms with Gasteiger partial charge in [-0.25, -0.2) is 4.98 Å². The molecule has 0 spiro atoms. The van der Waals surface area contributed by atoms with Crippen molar-refractivity contribution in [1.29, 1.82) is 0 Å². The van der Waals surface area contributed by atoms with E-state index in [0.717, 1.165) is 16.7 Å². The molecule has 2 aromatic rings. The summed E-state index contributed by atoms with van der Waals surface area (Å²) in [6.45, 7) is 1.59. The maximum absolute atomic E-state index is 10.8. The molecule has 1 aromatic heterocycles. The summed E-state index contributed by atoms with van der Waals surface area (Å²) in [5, 5.41) is 0. The van der Waals surface area contributed by atoms with Gasteiger partial charge in [-0.2, -0.15) is 0 Å². The van der Waals surface area contributed by atoms with E-state index in [1.807, 2.05) is 24.3 Å². The lowest BCUT2D eigenvalue weighted by Gasteiger charge is -2.00. The molecule has 0 saturated carbocycles. The molecule has 3 heteroatoms. The molecule has 0 aliphatic rings. The quantitative estimate of drug-likeness (QED) is 0.762. The maximum Gasteiger partial charge on any atom is 0.130 e. The Kier molecular flexibility index (Phi) is 2.72. The molecule has 1 aromatic carbocycles. The summed E-state index contributed by atoms with van der Waals surface area (Å²) in [5.74, 6) is 0.185. The number of benzene rings is 1. The van der Waals surface area contributed by atoms with Gasteiger partial charge in [-0.15, -0.1) is 0 Å². The summed E-state index contributed by atoms with van der Waals surface area (Å²) >= 11 is 0. The van der Waals surface area contributed by atoms with Crippen LogP contribution in [-0.4, -0.2) is 15.8 Å². The van der Waals surface area contributed by atoms with E-state index in [-0.39, 0.29) is 5.78 Å². The number of hydrogen-bond acceptors (Lipinski definition) is 3. The molecule has 0 N–H and O–H groups in total. The zero-order valence-electron chi connectivity index (χ0n) is 8.60. The minimum atomic E-state index is 0.185. The molecule has 0 amide bonds. The van der Waals surface area contributed by atoms with E-state index >= 15 is 0 Å². The Labute approximate surface area is 88.2 Å². The standard InChI is InChI=1S/C12H12N2O/c1-9(15)6-7-10-8-13-11-4-2-3-5-12(11)14-10/h2-5,8H,6-7H2,1H3. The van der Waals surface area contributed by atoms with Gasteiger partial charge in [-0.05, 0) is 25.5 Å². The molecule has 0 radical (unpaired) electrons. The summed E-state index contributed by atoms with van der Waals surface area (Å²) in [6.07, 6.45) is 2.95. The summed E-state index contributed by atoms with van der Waals surface area (Å²) in [4.78, 5) is 19.6. The van der Waals surface area contributed by atoms with Crippen molar-refractivity contribution < 1.29 is 4.79 Å². The number of rotatable bonds is 3. The van der Waals surface area contributed by atoms with Gasteiger partial charge in [0, 0.05) is 12.6 Å². The van der Waals surface area contributed by atoms with Gasteiger partial charge in [0.15, 0.2) is 0 Å². The first-order valence-electron chi connectivity index (χ1n) is 4.96. The number of fused-ring (bicyclic) bond motifs is 1. The predicted octanol–water partition coefficient (Wildman–Crippen LogP) is 2.15. The summed E-state index contributed by atoms with van der Waals surface area (Å²) < 4.78 is 0. The first-order valence-corrected chi connectivity index (χ1v) is 4.96. The third kappa shape index (κ3) is 2.37. The van der Waals surface area contributed by atoms with Gasteiger partial charge in [-0.1, -0.05) is 12.1 Å². The zero-order valence-corrected chi connectivity index (χ0v) is 8.60. The van der Waals surface area contributed by atoms with E-state index in [4.69, 9.17) is 0 Å². The summed E-state index contributed by atoms with van der Waals surface area (Å²) in [6, 6.07) is 7.73. The number of Topliss-reactive ketones (excluding diaryl/α,β-unsaturated/α-hetero) is 1. The van der Waals surface area contributed by atoms with Crippen LogP contribution in [0.5, 0.6) is 0 Å². The Hall–Kier alpha value is -1.77. The number of carbonyl (C=O) groups is 1. The van der Waals surface area contributed by atoms with Crippen molar-refractivity contribution in [2.45, 2.75) is 19.8 Å². The van der Waals surface area contributed by atoms with Crippen molar-refractivity contribution >= 4 is 16.8 Å². The normalized spacial score (nSPS) is 10.5. The van der Waals surface area contributed by atoms with Crippen LogP contribution >= 0.6 is 0 Å². The highest BCUT2D eigenvalue weighted by Gasteiger charge is 2.00. The molecule has 0 atom stereocenters. The second-order valence-corrected chi connectivity index (χ2v) is 3.55. The fraction of sp³-hybridized carbons (Fsp3) is 0.250. The second kappa shape index (κ2) is 4.17. The highest BCUT2D eigenvalue weighted by Crippen LogP contribution is 2.09. The van der Waals surface area contributed by atoms with Crippen LogP contribution in [0.4, 0.5) is 0 Å². The van der Waals surface area contributed by atoms with Gasteiger partial charge in [0.2, 0.25) is 0 Å². The Balaban J connectivity index is 2.26. The number of carbonyl (C=O) groups excluding carboxylic acids is 1. The molecular formula is C12H12N2O. The van der Waals surface area contributed by atoms with Gasteiger partial charge >= 0.3 is 0 Å². The molecule has 15 heavy (non-hydrogen) atoms. The van der Waals surface area contributed by atoms with Crippen LogP contribution in [0.25, 0.3) is 11.0 Å². The third-order valence-corrected chi connectivity index (χ3v) is 2.23.